The van der Waals surface area contributed by atoms with Crippen LogP contribution in [0.25, 0.3) is 0 Å². The van der Waals surface area contributed by atoms with Gasteiger partial charge in [-0.3, -0.25) is 0 Å². The SMILES string of the molecule is CCN(CCOC)CC(C)(CC)CO. The number of likely N-dealkylation sites (N-methyl/N-ethyl adjacent to an activating group) is 1. The van der Waals surface area contributed by atoms with Crippen molar-refractivity contribution in [3.8, 4) is 0 Å². The zero-order valence-electron chi connectivity index (χ0n) is 10.0. The largest absolute Gasteiger partial charge is 0.396 e. The van der Waals surface area contributed by atoms with Crippen LogP contribution >= 0.6 is 0 Å². The Morgan fingerprint density at radius 3 is 2.36 bits per heavy atom. The van der Waals surface area contributed by atoms with Crippen molar-refractivity contribution in [2.75, 3.05) is 40.0 Å². The average Bonchev–Trinajstić information content (AvgIpc) is 2.23. The van der Waals surface area contributed by atoms with Crippen molar-refractivity contribution in [1.29, 1.82) is 0 Å². The molecule has 0 fully saturated rings. The van der Waals surface area contributed by atoms with E-state index in [9.17, 15) is 5.11 Å². The molecule has 0 aliphatic rings. The zero-order chi connectivity index (χ0) is 11.0. The molecule has 14 heavy (non-hydrogen) atoms. The molecule has 0 heterocycles. The molecule has 1 atom stereocenters. The quantitative estimate of drug-likeness (QED) is 0.646. The Morgan fingerprint density at radius 2 is 2.00 bits per heavy atom. The van der Waals surface area contributed by atoms with Gasteiger partial charge in [0.1, 0.15) is 0 Å². The maximum atomic E-state index is 9.30. The van der Waals surface area contributed by atoms with Gasteiger partial charge in [-0.25, -0.2) is 0 Å². The first-order valence-corrected chi connectivity index (χ1v) is 5.44. The Morgan fingerprint density at radius 1 is 1.36 bits per heavy atom. The summed E-state index contributed by atoms with van der Waals surface area (Å²) in [6.07, 6.45) is 1.01. The van der Waals surface area contributed by atoms with Crippen LogP contribution in [0.15, 0.2) is 0 Å². The smallest absolute Gasteiger partial charge is 0.0589 e. The van der Waals surface area contributed by atoms with Gasteiger partial charge in [-0.2, -0.15) is 0 Å². The van der Waals surface area contributed by atoms with Crippen molar-refractivity contribution in [2.45, 2.75) is 27.2 Å². The molecule has 0 amide bonds. The minimum Gasteiger partial charge on any atom is -0.396 e. The molecule has 1 N–H and O–H groups in total. The fourth-order valence-electron chi connectivity index (χ4n) is 1.38. The minimum absolute atomic E-state index is 0.0315. The third-order valence-electron chi connectivity index (χ3n) is 2.90. The molecular formula is C11H25NO2. The first-order valence-electron chi connectivity index (χ1n) is 5.44. The summed E-state index contributed by atoms with van der Waals surface area (Å²) in [5.74, 6) is 0. The Labute approximate surface area is 88.1 Å². The fraction of sp³-hybridized carbons (Fsp3) is 1.00. The molecule has 0 bridgehead atoms. The summed E-state index contributed by atoms with van der Waals surface area (Å²) in [4.78, 5) is 2.32. The molecule has 0 aromatic rings. The molecule has 0 saturated carbocycles. The van der Waals surface area contributed by atoms with Gasteiger partial charge >= 0.3 is 0 Å². The summed E-state index contributed by atoms with van der Waals surface area (Å²) < 4.78 is 5.05. The molecule has 0 saturated heterocycles. The van der Waals surface area contributed by atoms with Crippen molar-refractivity contribution in [1.82, 2.24) is 4.90 Å². The summed E-state index contributed by atoms with van der Waals surface area (Å²) in [7, 11) is 1.72. The molecule has 0 rings (SSSR count). The molecule has 0 aliphatic heterocycles. The van der Waals surface area contributed by atoms with E-state index in [4.69, 9.17) is 4.74 Å². The van der Waals surface area contributed by atoms with Crippen molar-refractivity contribution in [2.24, 2.45) is 5.41 Å². The molecule has 0 aromatic heterocycles. The van der Waals surface area contributed by atoms with Crippen molar-refractivity contribution in [3.05, 3.63) is 0 Å². The summed E-state index contributed by atoms with van der Waals surface area (Å²) >= 11 is 0. The fourth-order valence-corrected chi connectivity index (χ4v) is 1.38. The van der Waals surface area contributed by atoms with Gasteiger partial charge in [0.25, 0.3) is 0 Å². The van der Waals surface area contributed by atoms with E-state index in [1.54, 1.807) is 7.11 Å². The first-order chi connectivity index (χ1) is 6.61. The van der Waals surface area contributed by atoms with Crippen molar-refractivity contribution < 1.29 is 9.84 Å². The molecule has 0 spiro atoms. The maximum absolute atomic E-state index is 9.30. The summed E-state index contributed by atoms with van der Waals surface area (Å²) in [6.45, 7) is 10.3. The van der Waals surface area contributed by atoms with Crippen molar-refractivity contribution >= 4 is 0 Å². The lowest BCUT2D eigenvalue weighted by atomic mass is 9.88. The number of hydrogen-bond acceptors (Lipinski definition) is 3. The van der Waals surface area contributed by atoms with Crippen LogP contribution in [-0.4, -0.2) is 50.0 Å². The molecular weight excluding hydrogens is 178 g/mol. The highest BCUT2D eigenvalue weighted by Crippen LogP contribution is 2.21. The highest BCUT2D eigenvalue weighted by atomic mass is 16.5. The predicted molar refractivity (Wildman–Crippen MR) is 59.5 cm³/mol. The molecule has 3 nitrogen and oxygen atoms in total. The standard InChI is InChI=1S/C11H25NO2/c1-5-11(3,10-13)9-12(6-2)7-8-14-4/h13H,5-10H2,1-4H3. The predicted octanol–water partition coefficient (Wildman–Crippen LogP) is 1.36. The second kappa shape index (κ2) is 7.21. The number of hydrogen-bond donors (Lipinski definition) is 1. The third kappa shape index (κ3) is 4.94. The van der Waals surface area contributed by atoms with Crippen LogP contribution in [0.2, 0.25) is 0 Å². The lowest BCUT2D eigenvalue weighted by Gasteiger charge is -2.32. The number of nitrogens with zero attached hydrogens (tertiary/aromatic N) is 1. The molecule has 3 heteroatoms. The molecule has 0 aromatic carbocycles. The highest BCUT2D eigenvalue weighted by molar-refractivity contribution is 4.75. The van der Waals surface area contributed by atoms with Crippen LogP contribution in [0.3, 0.4) is 0 Å². The topological polar surface area (TPSA) is 32.7 Å². The van der Waals surface area contributed by atoms with E-state index < -0.39 is 0 Å². The van der Waals surface area contributed by atoms with Crippen molar-refractivity contribution in [3.63, 3.8) is 0 Å². The van der Waals surface area contributed by atoms with Gasteiger partial charge in [-0.05, 0) is 13.0 Å². The maximum Gasteiger partial charge on any atom is 0.0589 e. The Kier molecular flexibility index (Phi) is 7.15. The van der Waals surface area contributed by atoms with E-state index in [0.29, 0.717) is 0 Å². The van der Waals surface area contributed by atoms with E-state index in [1.807, 2.05) is 0 Å². The normalized spacial score (nSPS) is 15.9. The van der Waals surface area contributed by atoms with Crippen LogP contribution in [0, 0.1) is 5.41 Å². The summed E-state index contributed by atoms with van der Waals surface area (Å²) in [6, 6.07) is 0. The van der Waals surface area contributed by atoms with E-state index in [2.05, 4.69) is 25.7 Å². The Hall–Kier alpha value is -0.120. The highest BCUT2D eigenvalue weighted by Gasteiger charge is 2.23. The van der Waals surface area contributed by atoms with Gasteiger partial charge in [0.15, 0.2) is 0 Å². The second-order valence-electron chi connectivity index (χ2n) is 4.18. The van der Waals surface area contributed by atoms with Gasteiger partial charge < -0.3 is 14.7 Å². The first kappa shape index (κ1) is 13.9. The molecule has 1 unspecified atom stereocenters. The molecule has 86 valence electrons. The van der Waals surface area contributed by atoms with Gasteiger partial charge in [0, 0.05) is 32.2 Å². The number of aliphatic hydroxyl groups excluding tert-OH is 1. The van der Waals surface area contributed by atoms with E-state index >= 15 is 0 Å². The molecule has 0 aliphatic carbocycles. The van der Waals surface area contributed by atoms with E-state index in [0.717, 1.165) is 32.7 Å². The Bertz CT molecular complexity index is 135. The van der Waals surface area contributed by atoms with Crippen LogP contribution in [0.4, 0.5) is 0 Å². The number of aliphatic hydroxyl groups is 1. The third-order valence-corrected chi connectivity index (χ3v) is 2.90. The minimum atomic E-state index is 0.0315. The van der Waals surface area contributed by atoms with Crippen LogP contribution in [-0.2, 0) is 4.74 Å². The monoisotopic (exact) mass is 203 g/mol. The average molecular weight is 203 g/mol. The van der Waals surface area contributed by atoms with Gasteiger partial charge in [-0.1, -0.05) is 20.8 Å². The number of rotatable bonds is 8. The number of ether oxygens (including phenoxy) is 1. The van der Waals surface area contributed by atoms with Crippen LogP contribution < -0.4 is 0 Å². The second-order valence-corrected chi connectivity index (χ2v) is 4.18. The summed E-state index contributed by atoms with van der Waals surface area (Å²) in [5, 5.41) is 9.30. The lowest BCUT2D eigenvalue weighted by Crippen LogP contribution is -2.39. The number of methoxy groups -OCH3 is 1. The van der Waals surface area contributed by atoms with E-state index in [-0.39, 0.29) is 12.0 Å². The lowest BCUT2D eigenvalue weighted by molar-refractivity contribution is 0.0709. The molecule has 0 radical (unpaired) electrons. The van der Waals surface area contributed by atoms with Gasteiger partial charge in [0.2, 0.25) is 0 Å². The van der Waals surface area contributed by atoms with Crippen LogP contribution in [0.5, 0.6) is 0 Å². The van der Waals surface area contributed by atoms with E-state index in [1.165, 1.54) is 0 Å². The Balaban J connectivity index is 4.00. The summed E-state index contributed by atoms with van der Waals surface area (Å²) in [5.41, 5.74) is 0.0315. The van der Waals surface area contributed by atoms with Gasteiger partial charge in [-0.15, -0.1) is 0 Å². The van der Waals surface area contributed by atoms with Gasteiger partial charge in [0.05, 0.1) is 6.61 Å². The van der Waals surface area contributed by atoms with Crippen LogP contribution in [0.1, 0.15) is 27.2 Å². The zero-order valence-corrected chi connectivity index (χ0v) is 10.0.